The van der Waals surface area contributed by atoms with Crippen molar-refractivity contribution in [2.24, 2.45) is 5.92 Å². The van der Waals surface area contributed by atoms with Crippen molar-refractivity contribution in [1.29, 1.82) is 0 Å². The van der Waals surface area contributed by atoms with Gasteiger partial charge in [0.2, 0.25) is 5.91 Å². The molecule has 1 aromatic carbocycles. The number of fused-ring (bicyclic) bond motifs is 1. The van der Waals surface area contributed by atoms with Crippen molar-refractivity contribution in [2.75, 3.05) is 13.1 Å². The average Bonchev–Trinajstić information content (AvgIpc) is 3.53. The van der Waals surface area contributed by atoms with Gasteiger partial charge in [-0.25, -0.2) is 4.98 Å². The van der Waals surface area contributed by atoms with Crippen molar-refractivity contribution in [2.45, 2.75) is 55.9 Å². The van der Waals surface area contributed by atoms with Crippen molar-refractivity contribution in [3.05, 3.63) is 51.6 Å². The Labute approximate surface area is 190 Å². The molecule has 2 fully saturated rings. The summed E-state index contributed by atoms with van der Waals surface area (Å²) in [6, 6.07) is 9.66. The summed E-state index contributed by atoms with van der Waals surface area (Å²) in [5.74, 6) is 1.31. The predicted molar refractivity (Wildman–Crippen MR) is 127 cm³/mol. The number of rotatable bonds is 5. The lowest BCUT2D eigenvalue weighted by Crippen LogP contribution is -2.42. The highest BCUT2D eigenvalue weighted by molar-refractivity contribution is 8.00. The van der Waals surface area contributed by atoms with Gasteiger partial charge in [0.25, 0.3) is 5.56 Å². The van der Waals surface area contributed by atoms with Crippen LogP contribution in [0.15, 0.2) is 45.7 Å². The van der Waals surface area contributed by atoms with Gasteiger partial charge in [-0.3, -0.25) is 14.2 Å². The SMILES string of the molecule is CC1CCN(C(=O)C(C)Sc2nc3scc(C4CC4)c3c(=O)n2-c2ccccc2)CC1. The van der Waals surface area contributed by atoms with Gasteiger partial charge in [-0.05, 0) is 67.5 Å². The van der Waals surface area contributed by atoms with E-state index >= 15 is 0 Å². The second kappa shape index (κ2) is 8.43. The molecule has 0 radical (unpaired) electrons. The van der Waals surface area contributed by atoms with Crippen LogP contribution in [0, 0.1) is 5.92 Å². The van der Waals surface area contributed by atoms with E-state index < -0.39 is 0 Å². The van der Waals surface area contributed by atoms with E-state index in [1.807, 2.05) is 42.2 Å². The zero-order valence-corrected chi connectivity index (χ0v) is 19.5. The van der Waals surface area contributed by atoms with E-state index in [0.717, 1.165) is 60.2 Å². The van der Waals surface area contributed by atoms with Crippen molar-refractivity contribution in [3.63, 3.8) is 0 Å². The molecule has 5 rings (SSSR count). The number of likely N-dealkylation sites (tertiary alicyclic amines) is 1. The number of carbonyl (C=O) groups excluding carboxylic acids is 1. The minimum absolute atomic E-state index is 0.0201. The highest BCUT2D eigenvalue weighted by atomic mass is 32.2. The minimum atomic E-state index is -0.296. The Balaban J connectivity index is 1.53. The molecule has 0 spiro atoms. The van der Waals surface area contributed by atoms with Gasteiger partial charge >= 0.3 is 0 Å². The minimum Gasteiger partial charge on any atom is -0.342 e. The molecule has 1 saturated heterocycles. The zero-order valence-electron chi connectivity index (χ0n) is 17.9. The third-order valence-electron chi connectivity index (χ3n) is 6.36. The summed E-state index contributed by atoms with van der Waals surface area (Å²) in [5.41, 5.74) is 1.92. The number of hydrogen-bond donors (Lipinski definition) is 0. The third-order valence-corrected chi connectivity index (χ3v) is 8.29. The molecule has 162 valence electrons. The number of aromatic nitrogens is 2. The molecule has 3 aromatic rings. The first kappa shape index (κ1) is 20.8. The fourth-order valence-electron chi connectivity index (χ4n) is 4.27. The van der Waals surface area contributed by atoms with Gasteiger partial charge < -0.3 is 4.90 Å². The molecule has 1 amide bonds. The zero-order chi connectivity index (χ0) is 21.5. The Bertz CT molecular complexity index is 1160. The molecule has 5 nitrogen and oxygen atoms in total. The number of piperidine rings is 1. The van der Waals surface area contributed by atoms with Crippen LogP contribution in [-0.2, 0) is 4.79 Å². The second-order valence-electron chi connectivity index (χ2n) is 8.78. The number of amides is 1. The lowest BCUT2D eigenvalue weighted by Gasteiger charge is -2.32. The van der Waals surface area contributed by atoms with Crippen molar-refractivity contribution in [3.8, 4) is 5.69 Å². The summed E-state index contributed by atoms with van der Waals surface area (Å²) in [6.07, 6.45) is 4.41. The predicted octanol–water partition coefficient (Wildman–Crippen LogP) is 5.06. The Kier molecular flexibility index (Phi) is 5.65. The maximum Gasteiger partial charge on any atom is 0.267 e. The van der Waals surface area contributed by atoms with Crippen LogP contribution in [0.2, 0.25) is 0 Å². The van der Waals surface area contributed by atoms with Crippen LogP contribution in [0.5, 0.6) is 0 Å². The topological polar surface area (TPSA) is 55.2 Å². The molecular formula is C24H27N3O2S2. The first-order valence-electron chi connectivity index (χ1n) is 11.1. The van der Waals surface area contributed by atoms with E-state index in [1.165, 1.54) is 11.8 Å². The van der Waals surface area contributed by atoms with E-state index in [9.17, 15) is 9.59 Å². The quantitative estimate of drug-likeness (QED) is 0.400. The van der Waals surface area contributed by atoms with Crippen molar-refractivity contribution in [1.82, 2.24) is 14.5 Å². The summed E-state index contributed by atoms with van der Waals surface area (Å²) in [4.78, 5) is 34.4. The smallest absolute Gasteiger partial charge is 0.267 e. The van der Waals surface area contributed by atoms with Gasteiger partial charge in [0.05, 0.1) is 16.3 Å². The molecule has 2 aliphatic rings. The first-order valence-corrected chi connectivity index (χ1v) is 12.8. The van der Waals surface area contributed by atoms with E-state index in [-0.39, 0.29) is 16.7 Å². The molecule has 0 N–H and O–H groups in total. The normalized spacial score (nSPS) is 18.5. The first-order chi connectivity index (χ1) is 15.0. The molecule has 2 aromatic heterocycles. The van der Waals surface area contributed by atoms with E-state index in [2.05, 4.69) is 12.3 Å². The molecule has 1 aliphatic carbocycles. The van der Waals surface area contributed by atoms with Gasteiger partial charge in [0.15, 0.2) is 5.16 Å². The average molecular weight is 454 g/mol. The van der Waals surface area contributed by atoms with Crippen LogP contribution in [0.25, 0.3) is 15.9 Å². The summed E-state index contributed by atoms with van der Waals surface area (Å²) in [5, 5.41) is 3.16. The van der Waals surface area contributed by atoms with Gasteiger partial charge in [-0.1, -0.05) is 36.9 Å². The number of thioether (sulfide) groups is 1. The lowest BCUT2D eigenvalue weighted by atomic mass is 9.99. The number of benzene rings is 1. The Hall–Kier alpha value is -2.12. The van der Waals surface area contributed by atoms with Gasteiger partial charge in [-0.15, -0.1) is 11.3 Å². The van der Waals surface area contributed by atoms with Crippen LogP contribution in [-0.4, -0.2) is 38.7 Å². The van der Waals surface area contributed by atoms with Crippen LogP contribution in [0.1, 0.15) is 51.0 Å². The third kappa shape index (κ3) is 4.05. The van der Waals surface area contributed by atoms with Crippen molar-refractivity contribution >= 4 is 39.2 Å². The molecule has 1 atom stereocenters. The standard InChI is InChI=1S/C24H27N3O2S2/c1-15-10-12-26(13-11-15)22(28)16(2)31-24-25-21-20(19(14-30-21)17-8-9-17)23(29)27(24)18-6-4-3-5-7-18/h3-7,14-17H,8-13H2,1-2H3. The fourth-order valence-corrected chi connectivity index (χ4v) is 6.34. The summed E-state index contributed by atoms with van der Waals surface area (Å²) < 4.78 is 1.70. The summed E-state index contributed by atoms with van der Waals surface area (Å²) >= 11 is 2.94. The van der Waals surface area contributed by atoms with Crippen LogP contribution < -0.4 is 5.56 Å². The van der Waals surface area contributed by atoms with Gasteiger partial charge in [0, 0.05) is 13.1 Å². The fraction of sp³-hybridized carbons (Fsp3) is 0.458. The molecule has 31 heavy (non-hydrogen) atoms. The highest BCUT2D eigenvalue weighted by Crippen LogP contribution is 2.44. The van der Waals surface area contributed by atoms with Crippen molar-refractivity contribution < 1.29 is 4.79 Å². The maximum absolute atomic E-state index is 13.7. The number of nitrogens with zero attached hydrogens (tertiary/aromatic N) is 3. The Morgan fingerprint density at radius 2 is 1.87 bits per heavy atom. The Morgan fingerprint density at radius 1 is 1.16 bits per heavy atom. The van der Waals surface area contributed by atoms with E-state index in [4.69, 9.17) is 4.98 Å². The molecule has 7 heteroatoms. The largest absolute Gasteiger partial charge is 0.342 e. The maximum atomic E-state index is 13.7. The summed E-state index contributed by atoms with van der Waals surface area (Å²) in [7, 11) is 0. The van der Waals surface area contributed by atoms with E-state index in [1.54, 1.807) is 15.9 Å². The van der Waals surface area contributed by atoms with Crippen LogP contribution >= 0.6 is 23.1 Å². The number of para-hydroxylation sites is 1. The van der Waals surface area contributed by atoms with Gasteiger partial charge in [0.1, 0.15) is 4.83 Å². The molecule has 0 bridgehead atoms. The van der Waals surface area contributed by atoms with Gasteiger partial charge in [-0.2, -0.15) is 0 Å². The van der Waals surface area contributed by atoms with E-state index in [0.29, 0.717) is 17.0 Å². The number of hydrogen-bond acceptors (Lipinski definition) is 5. The molecule has 1 aliphatic heterocycles. The second-order valence-corrected chi connectivity index (χ2v) is 10.9. The molecule has 3 heterocycles. The highest BCUT2D eigenvalue weighted by Gasteiger charge is 2.30. The molecule has 1 unspecified atom stereocenters. The monoisotopic (exact) mass is 453 g/mol. The van der Waals surface area contributed by atoms with Crippen LogP contribution in [0.4, 0.5) is 0 Å². The lowest BCUT2D eigenvalue weighted by molar-refractivity contribution is -0.131. The van der Waals surface area contributed by atoms with Crippen LogP contribution in [0.3, 0.4) is 0 Å². The molecular weight excluding hydrogens is 426 g/mol. The summed E-state index contributed by atoms with van der Waals surface area (Å²) in [6.45, 7) is 5.81. The Morgan fingerprint density at radius 3 is 2.55 bits per heavy atom. The number of thiophene rings is 1. The number of carbonyl (C=O) groups is 1. The molecule has 1 saturated carbocycles.